The first-order valence-corrected chi connectivity index (χ1v) is 9.75. The molecule has 28 heavy (non-hydrogen) atoms. The third-order valence-corrected chi connectivity index (χ3v) is 4.76. The summed E-state index contributed by atoms with van der Waals surface area (Å²) in [5, 5.41) is 8.53. The Morgan fingerprint density at radius 2 is 1.86 bits per heavy atom. The molecule has 3 amide bonds. The number of nitrogens with two attached hydrogens (primary N) is 1. The second kappa shape index (κ2) is 8.73. The number of hydrogen-bond acceptors (Lipinski definition) is 4. The molecule has 1 saturated carbocycles. The predicted molar refractivity (Wildman–Crippen MR) is 108 cm³/mol. The summed E-state index contributed by atoms with van der Waals surface area (Å²) in [5.41, 5.74) is 5.03. The van der Waals surface area contributed by atoms with Crippen LogP contribution in [0, 0.1) is 5.92 Å². The molecule has 7 heteroatoms. The first kappa shape index (κ1) is 21.9. The summed E-state index contributed by atoms with van der Waals surface area (Å²) in [6.45, 7) is 7.70. The molecule has 1 aromatic rings. The van der Waals surface area contributed by atoms with Gasteiger partial charge >= 0.3 is 0 Å². The fourth-order valence-corrected chi connectivity index (χ4v) is 3.11. The van der Waals surface area contributed by atoms with Gasteiger partial charge in [0.25, 0.3) is 0 Å². The van der Waals surface area contributed by atoms with Gasteiger partial charge in [0.1, 0.15) is 5.54 Å². The van der Waals surface area contributed by atoms with Crippen LogP contribution in [0.4, 0.5) is 0 Å². The SMILES string of the molecule is CC(CN)NC(=O)C1(NC(=O)CCc2ccccc2)CC1C(=O)NC(C)(C)C. The number of hydrogen-bond donors (Lipinski definition) is 4. The Kier molecular flexibility index (Phi) is 6.82. The Hall–Kier alpha value is -2.41. The molecule has 5 N–H and O–H groups in total. The molecule has 0 bridgehead atoms. The van der Waals surface area contributed by atoms with Crippen molar-refractivity contribution >= 4 is 17.7 Å². The maximum absolute atomic E-state index is 12.8. The summed E-state index contributed by atoms with van der Waals surface area (Å²) >= 11 is 0. The van der Waals surface area contributed by atoms with Crippen molar-refractivity contribution in [2.75, 3.05) is 6.54 Å². The highest BCUT2D eigenvalue weighted by atomic mass is 16.2. The van der Waals surface area contributed by atoms with Crippen molar-refractivity contribution in [1.82, 2.24) is 16.0 Å². The fraction of sp³-hybridized carbons (Fsp3) is 0.571. The smallest absolute Gasteiger partial charge is 0.246 e. The van der Waals surface area contributed by atoms with E-state index in [9.17, 15) is 14.4 Å². The standard InChI is InChI=1S/C21H32N4O3/c1-14(13-22)23-19(28)21(12-16(21)18(27)25-20(2,3)4)24-17(26)11-10-15-8-6-5-7-9-15/h5-9,14,16H,10-13,22H2,1-4H3,(H,23,28)(H,24,26)(H,25,27). The van der Waals surface area contributed by atoms with Gasteiger partial charge in [0.05, 0.1) is 5.92 Å². The molecule has 154 valence electrons. The van der Waals surface area contributed by atoms with E-state index < -0.39 is 17.0 Å². The highest BCUT2D eigenvalue weighted by molar-refractivity contribution is 6.02. The minimum Gasteiger partial charge on any atom is -0.351 e. The van der Waals surface area contributed by atoms with Crippen LogP contribution in [0.2, 0.25) is 0 Å². The zero-order chi connectivity index (χ0) is 20.9. The molecular formula is C21H32N4O3. The second-order valence-corrected chi connectivity index (χ2v) is 8.61. The fourth-order valence-electron chi connectivity index (χ4n) is 3.11. The van der Waals surface area contributed by atoms with E-state index in [2.05, 4.69) is 16.0 Å². The van der Waals surface area contributed by atoms with Gasteiger partial charge < -0.3 is 21.7 Å². The molecule has 1 aliphatic rings. The molecule has 7 nitrogen and oxygen atoms in total. The van der Waals surface area contributed by atoms with Gasteiger partial charge in [0.2, 0.25) is 17.7 Å². The summed E-state index contributed by atoms with van der Waals surface area (Å²) in [6.07, 6.45) is 1.11. The average Bonchev–Trinajstić information content (AvgIpc) is 3.35. The van der Waals surface area contributed by atoms with E-state index in [1.54, 1.807) is 6.92 Å². The zero-order valence-electron chi connectivity index (χ0n) is 17.2. The Labute approximate surface area is 166 Å². The van der Waals surface area contributed by atoms with Crippen LogP contribution in [0.5, 0.6) is 0 Å². The number of benzene rings is 1. The van der Waals surface area contributed by atoms with Gasteiger partial charge in [-0.15, -0.1) is 0 Å². The molecule has 0 saturated heterocycles. The van der Waals surface area contributed by atoms with Crippen LogP contribution in [0.1, 0.15) is 46.1 Å². The third kappa shape index (κ3) is 5.79. The van der Waals surface area contributed by atoms with Gasteiger partial charge in [-0.05, 0) is 46.1 Å². The van der Waals surface area contributed by atoms with Gasteiger partial charge in [0.15, 0.2) is 0 Å². The molecule has 0 heterocycles. The number of rotatable bonds is 8. The highest BCUT2D eigenvalue weighted by Gasteiger charge is 2.65. The van der Waals surface area contributed by atoms with E-state index >= 15 is 0 Å². The van der Waals surface area contributed by atoms with Crippen molar-refractivity contribution < 1.29 is 14.4 Å². The summed E-state index contributed by atoms with van der Waals surface area (Å²) in [4.78, 5) is 38.0. The minimum absolute atomic E-state index is 0.230. The van der Waals surface area contributed by atoms with E-state index in [1.165, 1.54) is 0 Å². The lowest BCUT2D eigenvalue weighted by atomic mass is 10.1. The Morgan fingerprint density at radius 3 is 2.43 bits per heavy atom. The summed E-state index contributed by atoms with van der Waals surface area (Å²) in [7, 11) is 0. The number of carbonyl (C=O) groups is 3. The van der Waals surface area contributed by atoms with E-state index in [1.807, 2.05) is 51.1 Å². The van der Waals surface area contributed by atoms with Crippen LogP contribution in [-0.4, -0.2) is 41.4 Å². The molecule has 3 atom stereocenters. The van der Waals surface area contributed by atoms with Crippen LogP contribution in [0.15, 0.2) is 30.3 Å². The van der Waals surface area contributed by atoms with Crippen molar-refractivity contribution in [2.45, 2.75) is 64.1 Å². The van der Waals surface area contributed by atoms with Gasteiger partial charge in [-0.3, -0.25) is 14.4 Å². The largest absolute Gasteiger partial charge is 0.351 e. The molecular weight excluding hydrogens is 356 g/mol. The third-order valence-electron chi connectivity index (χ3n) is 4.76. The van der Waals surface area contributed by atoms with Gasteiger partial charge in [-0.1, -0.05) is 30.3 Å². The summed E-state index contributed by atoms with van der Waals surface area (Å²) in [6, 6.07) is 9.43. The minimum atomic E-state index is -1.20. The van der Waals surface area contributed by atoms with Gasteiger partial charge in [-0.25, -0.2) is 0 Å². The van der Waals surface area contributed by atoms with E-state index in [0.717, 1.165) is 5.56 Å². The zero-order valence-corrected chi connectivity index (χ0v) is 17.2. The highest BCUT2D eigenvalue weighted by Crippen LogP contribution is 2.44. The van der Waals surface area contributed by atoms with Gasteiger partial charge in [0, 0.05) is 24.5 Å². The van der Waals surface area contributed by atoms with Crippen LogP contribution < -0.4 is 21.7 Å². The lowest BCUT2D eigenvalue weighted by Gasteiger charge is -2.24. The number of amides is 3. The van der Waals surface area contributed by atoms with E-state index in [4.69, 9.17) is 5.73 Å². The number of aryl methyl sites for hydroxylation is 1. The quantitative estimate of drug-likeness (QED) is 0.529. The topological polar surface area (TPSA) is 113 Å². The van der Waals surface area contributed by atoms with Gasteiger partial charge in [-0.2, -0.15) is 0 Å². The molecule has 0 aromatic heterocycles. The normalized spacial score (nSPS) is 22.1. The van der Waals surface area contributed by atoms with Crippen molar-refractivity contribution in [2.24, 2.45) is 11.7 Å². The maximum Gasteiger partial charge on any atom is 0.246 e. The first-order chi connectivity index (χ1) is 13.1. The second-order valence-electron chi connectivity index (χ2n) is 8.61. The Bertz CT molecular complexity index is 714. The molecule has 3 unspecified atom stereocenters. The van der Waals surface area contributed by atoms with Crippen LogP contribution in [0.3, 0.4) is 0 Å². The monoisotopic (exact) mass is 388 g/mol. The number of nitrogens with one attached hydrogen (secondary N) is 3. The van der Waals surface area contributed by atoms with Crippen LogP contribution in [-0.2, 0) is 20.8 Å². The van der Waals surface area contributed by atoms with E-state index in [0.29, 0.717) is 6.42 Å². The molecule has 1 fully saturated rings. The first-order valence-electron chi connectivity index (χ1n) is 9.75. The molecule has 2 rings (SSSR count). The Morgan fingerprint density at radius 1 is 1.21 bits per heavy atom. The summed E-state index contributed by atoms with van der Waals surface area (Å²) in [5.74, 6) is -1.41. The molecule has 1 aromatic carbocycles. The summed E-state index contributed by atoms with van der Waals surface area (Å²) < 4.78 is 0. The van der Waals surface area contributed by atoms with Crippen molar-refractivity contribution in [3.8, 4) is 0 Å². The lowest BCUT2D eigenvalue weighted by Crippen LogP contribution is -2.55. The predicted octanol–water partition coefficient (Wildman–Crippen LogP) is 0.872. The van der Waals surface area contributed by atoms with Crippen LogP contribution in [0.25, 0.3) is 0 Å². The maximum atomic E-state index is 12.8. The lowest BCUT2D eigenvalue weighted by molar-refractivity contribution is -0.133. The van der Waals surface area contributed by atoms with Crippen molar-refractivity contribution in [3.05, 3.63) is 35.9 Å². The van der Waals surface area contributed by atoms with Crippen molar-refractivity contribution in [3.63, 3.8) is 0 Å². The molecule has 0 aliphatic heterocycles. The molecule has 1 aliphatic carbocycles. The Balaban J connectivity index is 2.06. The van der Waals surface area contributed by atoms with E-state index in [-0.39, 0.29) is 43.1 Å². The molecule has 0 spiro atoms. The van der Waals surface area contributed by atoms with Crippen molar-refractivity contribution in [1.29, 1.82) is 0 Å². The average molecular weight is 389 g/mol. The van der Waals surface area contributed by atoms with Crippen LogP contribution >= 0.6 is 0 Å². The molecule has 0 radical (unpaired) electrons. The number of carbonyl (C=O) groups excluding carboxylic acids is 3.